The van der Waals surface area contributed by atoms with Gasteiger partial charge in [-0.15, -0.1) is 0 Å². The van der Waals surface area contributed by atoms with Crippen molar-refractivity contribution in [3.8, 4) is 0 Å². The van der Waals surface area contributed by atoms with Gasteiger partial charge in [-0.1, -0.05) is 0 Å². The van der Waals surface area contributed by atoms with Crippen molar-refractivity contribution >= 4 is 11.5 Å². The fourth-order valence-corrected chi connectivity index (χ4v) is 1.53. The Morgan fingerprint density at radius 2 is 2.31 bits per heavy atom. The van der Waals surface area contributed by atoms with E-state index in [1.54, 1.807) is 17.9 Å². The summed E-state index contributed by atoms with van der Waals surface area (Å²) in [4.78, 5) is 16.2. The third-order valence-corrected chi connectivity index (χ3v) is 2.34. The van der Waals surface area contributed by atoms with E-state index in [9.17, 15) is 10.1 Å². The highest BCUT2D eigenvalue weighted by Crippen LogP contribution is 2.28. The van der Waals surface area contributed by atoms with Gasteiger partial charge in [0.1, 0.15) is 0 Å². The minimum absolute atomic E-state index is 0.0119. The predicted molar refractivity (Wildman–Crippen MR) is 60.6 cm³/mol. The summed E-state index contributed by atoms with van der Waals surface area (Å²) in [5.41, 5.74) is 0.587. The van der Waals surface area contributed by atoms with Crippen LogP contribution in [0.1, 0.15) is 12.5 Å². The number of aromatic nitrogens is 1. The number of hydrogen-bond acceptors (Lipinski definition) is 5. The normalized spacial score (nSPS) is 10.2. The van der Waals surface area contributed by atoms with Crippen LogP contribution in [0.2, 0.25) is 0 Å². The van der Waals surface area contributed by atoms with Crippen molar-refractivity contribution in [3.63, 3.8) is 0 Å². The van der Waals surface area contributed by atoms with Gasteiger partial charge in [-0.25, -0.2) is 4.98 Å². The lowest BCUT2D eigenvalue weighted by molar-refractivity contribution is -0.384. The number of aliphatic hydroxyl groups is 1. The summed E-state index contributed by atoms with van der Waals surface area (Å²) in [6.45, 7) is 4.39. The van der Waals surface area contributed by atoms with Gasteiger partial charge in [-0.2, -0.15) is 0 Å². The molecule has 1 aromatic rings. The summed E-state index contributed by atoms with van der Waals surface area (Å²) < 4.78 is 0. The summed E-state index contributed by atoms with van der Waals surface area (Å²) in [6.07, 6.45) is 1.54. The molecular formula is C10H15N3O3. The molecule has 88 valence electrons. The van der Waals surface area contributed by atoms with Gasteiger partial charge in [0.25, 0.3) is 0 Å². The molecule has 0 bridgehead atoms. The Kier molecular flexibility index (Phi) is 4.19. The summed E-state index contributed by atoms with van der Waals surface area (Å²) in [5, 5.41) is 19.8. The van der Waals surface area contributed by atoms with Crippen LogP contribution in [-0.4, -0.2) is 34.7 Å². The zero-order valence-electron chi connectivity index (χ0n) is 9.38. The van der Waals surface area contributed by atoms with Crippen LogP contribution in [0.25, 0.3) is 0 Å². The number of rotatable bonds is 5. The molecule has 0 spiro atoms. The van der Waals surface area contributed by atoms with Crippen molar-refractivity contribution in [2.75, 3.05) is 24.6 Å². The van der Waals surface area contributed by atoms with Gasteiger partial charge in [-0.3, -0.25) is 10.1 Å². The second kappa shape index (κ2) is 5.41. The van der Waals surface area contributed by atoms with Gasteiger partial charge in [0.15, 0.2) is 0 Å². The number of hydrogen-bond donors (Lipinski definition) is 1. The number of pyridine rings is 1. The molecule has 1 rings (SSSR count). The average molecular weight is 225 g/mol. The molecular weight excluding hydrogens is 210 g/mol. The zero-order valence-corrected chi connectivity index (χ0v) is 9.38. The quantitative estimate of drug-likeness (QED) is 0.600. The van der Waals surface area contributed by atoms with E-state index in [4.69, 9.17) is 5.11 Å². The van der Waals surface area contributed by atoms with Crippen LogP contribution in [0.15, 0.2) is 12.3 Å². The molecule has 6 heteroatoms. The summed E-state index contributed by atoms with van der Waals surface area (Å²) in [7, 11) is 0. The van der Waals surface area contributed by atoms with E-state index in [1.165, 1.54) is 6.20 Å². The summed E-state index contributed by atoms with van der Waals surface area (Å²) in [5.74, 6) is 0.321. The number of anilines is 1. The number of aryl methyl sites for hydroxylation is 1. The fourth-order valence-electron chi connectivity index (χ4n) is 1.53. The summed E-state index contributed by atoms with van der Waals surface area (Å²) in [6, 6.07) is 1.61. The third-order valence-electron chi connectivity index (χ3n) is 2.34. The van der Waals surface area contributed by atoms with Crippen molar-refractivity contribution in [2.24, 2.45) is 0 Å². The van der Waals surface area contributed by atoms with Gasteiger partial charge in [0.2, 0.25) is 5.82 Å². The largest absolute Gasteiger partial charge is 0.395 e. The molecule has 0 fully saturated rings. The number of nitro groups is 1. The van der Waals surface area contributed by atoms with Gasteiger partial charge >= 0.3 is 5.69 Å². The highest BCUT2D eigenvalue weighted by molar-refractivity contribution is 5.61. The molecule has 1 aromatic heterocycles. The van der Waals surface area contributed by atoms with Crippen molar-refractivity contribution < 1.29 is 10.0 Å². The lowest BCUT2D eigenvalue weighted by Gasteiger charge is -2.20. The van der Waals surface area contributed by atoms with Crippen LogP contribution in [0.4, 0.5) is 11.5 Å². The fraction of sp³-hybridized carbons (Fsp3) is 0.500. The van der Waals surface area contributed by atoms with Crippen LogP contribution < -0.4 is 4.90 Å². The minimum atomic E-state index is -0.433. The van der Waals surface area contributed by atoms with Gasteiger partial charge in [0.05, 0.1) is 11.5 Å². The van der Waals surface area contributed by atoms with Gasteiger partial charge in [0, 0.05) is 24.8 Å². The van der Waals surface area contributed by atoms with Crippen molar-refractivity contribution in [3.05, 3.63) is 27.9 Å². The van der Waals surface area contributed by atoms with Crippen molar-refractivity contribution in [1.82, 2.24) is 4.98 Å². The van der Waals surface area contributed by atoms with Crippen LogP contribution in [0.3, 0.4) is 0 Å². The maximum Gasteiger partial charge on any atom is 0.314 e. The standard InChI is InChI=1S/C10H15N3O3/c1-3-12(6-7-14)10-9(13(15)16)8(2)4-5-11-10/h4-5,14H,3,6-7H2,1-2H3. The molecule has 0 aromatic carbocycles. The first kappa shape index (κ1) is 12.4. The highest BCUT2D eigenvalue weighted by Gasteiger charge is 2.22. The molecule has 0 atom stereocenters. The predicted octanol–water partition coefficient (Wildman–Crippen LogP) is 1.12. The topological polar surface area (TPSA) is 79.5 Å². The number of aliphatic hydroxyl groups excluding tert-OH is 1. The maximum absolute atomic E-state index is 10.9. The van der Waals surface area contributed by atoms with E-state index in [2.05, 4.69) is 4.98 Å². The van der Waals surface area contributed by atoms with Gasteiger partial charge < -0.3 is 10.0 Å². The SMILES string of the molecule is CCN(CCO)c1nccc(C)c1[N+](=O)[O-]. The molecule has 0 saturated carbocycles. The Hall–Kier alpha value is -1.69. The molecule has 6 nitrogen and oxygen atoms in total. The molecule has 1 N–H and O–H groups in total. The zero-order chi connectivity index (χ0) is 12.1. The Morgan fingerprint density at radius 3 is 2.81 bits per heavy atom. The Morgan fingerprint density at radius 1 is 1.62 bits per heavy atom. The molecule has 0 radical (unpaired) electrons. The van der Waals surface area contributed by atoms with E-state index in [-0.39, 0.29) is 12.3 Å². The first-order valence-electron chi connectivity index (χ1n) is 5.07. The molecule has 16 heavy (non-hydrogen) atoms. The number of likely N-dealkylation sites (N-methyl/N-ethyl adjacent to an activating group) is 1. The van der Waals surface area contributed by atoms with E-state index in [0.29, 0.717) is 24.5 Å². The molecule has 0 aliphatic rings. The minimum Gasteiger partial charge on any atom is -0.395 e. The average Bonchev–Trinajstić information content (AvgIpc) is 2.25. The Labute approximate surface area is 93.7 Å². The van der Waals surface area contributed by atoms with Gasteiger partial charge in [-0.05, 0) is 19.9 Å². The second-order valence-corrected chi connectivity index (χ2v) is 3.36. The molecule has 0 aliphatic carbocycles. The van der Waals surface area contributed by atoms with Crippen molar-refractivity contribution in [2.45, 2.75) is 13.8 Å². The maximum atomic E-state index is 10.9. The first-order chi connectivity index (χ1) is 7.61. The summed E-state index contributed by atoms with van der Waals surface area (Å²) >= 11 is 0. The van der Waals surface area contributed by atoms with Crippen LogP contribution in [0, 0.1) is 17.0 Å². The van der Waals surface area contributed by atoms with Crippen LogP contribution in [-0.2, 0) is 0 Å². The van der Waals surface area contributed by atoms with Crippen molar-refractivity contribution in [1.29, 1.82) is 0 Å². The Balaban J connectivity index is 3.20. The van der Waals surface area contributed by atoms with E-state index in [0.717, 1.165) is 0 Å². The molecule has 0 aliphatic heterocycles. The van der Waals surface area contributed by atoms with E-state index < -0.39 is 4.92 Å². The van der Waals surface area contributed by atoms with E-state index in [1.807, 2.05) is 6.92 Å². The van der Waals surface area contributed by atoms with Crippen LogP contribution >= 0.6 is 0 Å². The molecule has 1 heterocycles. The molecule has 0 saturated heterocycles. The lowest BCUT2D eigenvalue weighted by Crippen LogP contribution is -2.28. The molecule has 0 unspecified atom stereocenters. The Bertz CT molecular complexity index is 382. The first-order valence-corrected chi connectivity index (χ1v) is 5.07. The second-order valence-electron chi connectivity index (χ2n) is 3.36. The van der Waals surface area contributed by atoms with Crippen LogP contribution in [0.5, 0.6) is 0 Å². The third kappa shape index (κ3) is 2.46. The monoisotopic (exact) mass is 225 g/mol. The molecule has 0 amide bonds. The highest BCUT2D eigenvalue weighted by atomic mass is 16.6. The van der Waals surface area contributed by atoms with E-state index >= 15 is 0 Å². The number of nitrogens with zero attached hydrogens (tertiary/aromatic N) is 3. The lowest BCUT2D eigenvalue weighted by atomic mass is 10.2. The smallest absolute Gasteiger partial charge is 0.314 e.